The van der Waals surface area contributed by atoms with Crippen LogP contribution in [0.3, 0.4) is 0 Å². The lowest BCUT2D eigenvalue weighted by Crippen LogP contribution is -2.12. The smallest absolute Gasteiger partial charge is 0.125 e. The summed E-state index contributed by atoms with van der Waals surface area (Å²) in [7, 11) is 0. The topological polar surface area (TPSA) is 44.5 Å². The molecular weight excluding hydrogens is 234 g/mol. The summed E-state index contributed by atoms with van der Waals surface area (Å²) < 4.78 is 11.1. The molecule has 0 saturated heterocycles. The van der Waals surface area contributed by atoms with Gasteiger partial charge in [-0.25, -0.2) is 0 Å². The molecule has 2 N–H and O–H groups in total. The molecule has 1 aromatic rings. The van der Waals surface area contributed by atoms with Crippen molar-refractivity contribution in [3.05, 3.63) is 23.8 Å². The van der Waals surface area contributed by atoms with Gasteiger partial charge in [0.1, 0.15) is 12.4 Å². The first-order chi connectivity index (χ1) is 8.19. The Morgan fingerprint density at radius 3 is 2.65 bits per heavy atom. The van der Waals surface area contributed by atoms with Crippen LogP contribution in [0.1, 0.15) is 19.4 Å². The largest absolute Gasteiger partial charge is 0.491 e. The number of benzene rings is 1. The summed E-state index contributed by atoms with van der Waals surface area (Å²) in [5.41, 5.74) is 6.83. The van der Waals surface area contributed by atoms with Crippen LogP contribution >= 0.6 is 11.8 Å². The van der Waals surface area contributed by atoms with Gasteiger partial charge in [0, 0.05) is 17.0 Å². The zero-order valence-electron chi connectivity index (χ0n) is 10.7. The van der Waals surface area contributed by atoms with Gasteiger partial charge >= 0.3 is 0 Å². The molecule has 1 rings (SSSR count). The highest BCUT2D eigenvalue weighted by molar-refractivity contribution is 7.98. The molecule has 0 bridgehead atoms. The van der Waals surface area contributed by atoms with Gasteiger partial charge in [-0.1, -0.05) is 6.07 Å². The predicted molar refractivity (Wildman–Crippen MR) is 72.7 cm³/mol. The molecule has 0 saturated carbocycles. The van der Waals surface area contributed by atoms with Gasteiger partial charge < -0.3 is 15.2 Å². The monoisotopic (exact) mass is 255 g/mol. The number of hydrogen-bond donors (Lipinski definition) is 1. The van der Waals surface area contributed by atoms with Gasteiger partial charge in [-0.05, 0) is 32.2 Å². The summed E-state index contributed by atoms with van der Waals surface area (Å²) in [6.07, 6.45) is 2.28. The number of thioether (sulfide) groups is 1. The fraction of sp³-hybridized carbons (Fsp3) is 0.538. The van der Waals surface area contributed by atoms with E-state index in [-0.39, 0.29) is 6.10 Å². The van der Waals surface area contributed by atoms with E-state index in [4.69, 9.17) is 15.2 Å². The second-order valence-corrected chi connectivity index (χ2v) is 4.76. The molecule has 17 heavy (non-hydrogen) atoms. The minimum Gasteiger partial charge on any atom is -0.491 e. The Morgan fingerprint density at radius 1 is 1.29 bits per heavy atom. The first-order valence-electron chi connectivity index (χ1n) is 5.79. The van der Waals surface area contributed by atoms with E-state index in [2.05, 4.69) is 6.07 Å². The zero-order valence-corrected chi connectivity index (χ0v) is 11.5. The van der Waals surface area contributed by atoms with E-state index in [1.165, 1.54) is 4.90 Å². The van der Waals surface area contributed by atoms with Crippen LogP contribution in [0.2, 0.25) is 0 Å². The Labute approximate surface area is 108 Å². The van der Waals surface area contributed by atoms with Gasteiger partial charge in [0.05, 0.1) is 12.7 Å². The first kappa shape index (κ1) is 14.4. The lowest BCUT2D eigenvalue weighted by Gasteiger charge is -2.14. The Bertz CT molecular complexity index is 342. The van der Waals surface area contributed by atoms with Crippen molar-refractivity contribution in [3.8, 4) is 5.75 Å². The summed E-state index contributed by atoms with van der Waals surface area (Å²) in [6.45, 7) is 5.69. The molecule has 0 aliphatic heterocycles. The molecule has 0 aliphatic rings. The van der Waals surface area contributed by atoms with Crippen molar-refractivity contribution in [2.75, 3.05) is 19.5 Å². The standard InChI is InChI=1S/C13H21NO2S/c1-10(2)15-7-8-16-12-5-4-6-13(17-3)11(12)9-14/h4-6,10H,7-9,14H2,1-3H3. The maximum absolute atomic E-state index is 5.75. The molecule has 0 spiro atoms. The average molecular weight is 255 g/mol. The molecule has 1 aromatic carbocycles. The quantitative estimate of drug-likeness (QED) is 0.601. The van der Waals surface area contributed by atoms with Gasteiger partial charge in [0.2, 0.25) is 0 Å². The highest BCUT2D eigenvalue weighted by Crippen LogP contribution is 2.28. The van der Waals surface area contributed by atoms with Crippen LogP contribution in [0.15, 0.2) is 23.1 Å². The molecule has 4 heteroatoms. The van der Waals surface area contributed by atoms with Crippen LogP contribution < -0.4 is 10.5 Å². The van der Waals surface area contributed by atoms with Crippen molar-refractivity contribution < 1.29 is 9.47 Å². The number of hydrogen-bond acceptors (Lipinski definition) is 4. The Hall–Kier alpha value is -0.710. The van der Waals surface area contributed by atoms with Crippen molar-refractivity contribution in [1.29, 1.82) is 0 Å². The van der Waals surface area contributed by atoms with Crippen molar-refractivity contribution >= 4 is 11.8 Å². The van der Waals surface area contributed by atoms with Gasteiger partial charge in [-0.3, -0.25) is 0 Å². The molecule has 0 amide bonds. The minimum atomic E-state index is 0.241. The van der Waals surface area contributed by atoms with Crippen molar-refractivity contribution in [2.24, 2.45) is 5.73 Å². The molecule has 0 radical (unpaired) electrons. The van der Waals surface area contributed by atoms with E-state index in [1.54, 1.807) is 11.8 Å². The minimum absolute atomic E-state index is 0.241. The van der Waals surface area contributed by atoms with Gasteiger partial charge in [-0.15, -0.1) is 11.8 Å². The van der Waals surface area contributed by atoms with Crippen LogP contribution in [0, 0.1) is 0 Å². The third-order valence-electron chi connectivity index (χ3n) is 2.31. The van der Waals surface area contributed by atoms with E-state index in [0.717, 1.165) is 11.3 Å². The van der Waals surface area contributed by atoms with E-state index in [9.17, 15) is 0 Å². The van der Waals surface area contributed by atoms with Gasteiger partial charge in [0.15, 0.2) is 0 Å². The predicted octanol–water partition coefficient (Wildman–Crippen LogP) is 2.67. The highest BCUT2D eigenvalue weighted by atomic mass is 32.2. The van der Waals surface area contributed by atoms with Gasteiger partial charge in [-0.2, -0.15) is 0 Å². The fourth-order valence-corrected chi connectivity index (χ4v) is 2.15. The van der Waals surface area contributed by atoms with Crippen LogP contribution in [0.25, 0.3) is 0 Å². The molecule has 0 fully saturated rings. The van der Waals surface area contributed by atoms with Crippen molar-refractivity contribution in [2.45, 2.75) is 31.4 Å². The van der Waals surface area contributed by atoms with Crippen LogP contribution in [0.4, 0.5) is 0 Å². The van der Waals surface area contributed by atoms with Crippen molar-refractivity contribution in [1.82, 2.24) is 0 Å². The Balaban J connectivity index is 2.58. The summed E-state index contributed by atoms with van der Waals surface area (Å²) in [5.74, 6) is 0.867. The highest BCUT2D eigenvalue weighted by Gasteiger charge is 2.07. The molecule has 0 aliphatic carbocycles. The zero-order chi connectivity index (χ0) is 12.7. The maximum atomic E-state index is 5.75. The van der Waals surface area contributed by atoms with E-state index < -0.39 is 0 Å². The number of nitrogens with two attached hydrogens (primary N) is 1. The number of ether oxygens (including phenoxy) is 2. The molecular formula is C13H21NO2S. The third kappa shape index (κ3) is 4.58. The average Bonchev–Trinajstić information content (AvgIpc) is 2.33. The molecule has 0 heterocycles. The van der Waals surface area contributed by atoms with Crippen molar-refractivity contribution in [3.63, 3.8) is 0 Å². The fourth-order valence-electron chi connectivity index (χ4n) is 1.51. The Morgan fingerprint density at radius 2 is 2.06 bits per heavy atom. The second kappa shape index (κ2) is 7.58. The maximum Gasteiger partial charge on any atom is 0.125 e. The van der Waals surface area contributed by atoms with Gasteiger partial charge in [0.25, 0.3) is 0 Å². The lowest BCUT2D eigenvalue weighted by molar-refractivity contribution is 0.0550. The van der Waals surface area contributed by atoms with Crippen LogP contribution in [0.5, 0.6) is 5.75 Å². The summed E-state index contributed by atoms with van der Waals surface area (Å²) in [5, 5.41) is 0. The van der Waals surface area contributed by atoms with Crippen LogP contribution in [-0.4, -0.2) is 25.6 Å². The molecule has 96 valence electrons. The molecule has 0 aromatic heterocycles. The summed E-state index contributed by atoms with van der Waals surface area (Å²) >= 11 is 1.69. The Kier molecular flexibility index (Phi) is 6.40. The molecule has 0 unspecified atom stereocenters. The lowest BCUT2D eigenvalue weighted by atomic mass is 10.2. The normalized spacial score (nSPS) is 10.9. The molecule has 3 nitrogen and oxygen atoms in total. The van der Waals surface area contributed by atoms with E-state index in [0.29, 0.717) is 19.8 Å². The summed E-state index contributed by atoms with van der Waals surface area (Å²) in [6, 6.07) is 6.01. The van der Waals surface area contributed by atoms with E-state index in [1.807, 2.05) is 32.2 Å². The third-order valence-corrected chi connectivity index (χ3v) is 3.13. The SMILES string of the molecule is CSc1cccc(OCCOC(C)C)c1CN. The first-order valence-corrected chi connectivity index (χ1v) is 7.01. The second-order valence-electron chi connectivity index (χ2n) is 3.91. The van der Waals surface area contributed by atoms with E-state index >= 15 is 0 Å². The summed E-state index contributed by atoms with van der Waals surface area (Å²) in [4.78, 5) is 1.18. The number of rotatable bonds is 7. The van der Waals surface area contributed by atoms with Crippen LogP contribution in [-0.2, 0) is 11.3 Å². The molecule has 0 atom stereocenters.